The molecule has 0 fully saturated rings. The topological polar surface area (TPSA) is 69.6 Å². The molecule has 0 saturated carbocycles. The van der Waals surface area contributed by atoms with E-state index in [4.69, 9.17) is 5.73 Å². The van der Waals surface area contributed by atoms with Crippen molar-refractivity contribution in [3.8, 4) is 5.82 Å². The fraction of sp³-hybridized carbons (Fsp3) is 0.462. The van der Waals surface area contributed by atoms with Crippen LogP contribution in [0, 0.1) is 6.92 Å². The molecular formula is C13H19N5. The summed E-state index contributed by atoms with van der Waals surface area (Å²) in [7, 11) is 0. The van der Waals surface area contributed by atoms with E-state index in [0.29, 0.717) is 12.5 Å². The summed E-state index contributed by atoms with van der Waals surface area (Å²) in [5.74, 6) is 2.97. The Kier molecular flexibility index (Phi) is 3.72. The minimum absolute atomic E-state index is 0.310. The van der Waals surface area contributed by atoms with Gasteiger partial charge in [-0.1, -0.05) is 13.8 Å². The molecule has 0 bridgehead atoms. The Labute approximate surface area is 107 Å². The molecule has 18 heavy (non-hydrogen) atoms. The first kappa shape index (κ1) is 12.7. The van der Waals surface area contributed by atoms with Gasteiger partial charge in [-0.3, -0.25) is 4.57 Å². The Hall–Kier alpha value is -1.75. The predicted molar refractivity (Wildman–Crippen MR) is 70.7 cm³/mol. The van der Waals surface area contributed by atoms with Gasteiger partial charge in [0.25, 0.3) is 0 Å². The molecule has 0 aliphatic heterocycles. The van der Waals surface area contributed by atoms with Crippen LogP contribution in [-0.2, 0) is 6.42 Å². The number of hydrogen-bond acceptors (Lipinski definition) is 4. The van der Waals surface area contributed by atoms with Crippen LogP contribution in [0.3, 0.4) is 0 Å². The molecule has 2 rings (SSSR count). The Balaban J connectivity index is 2.46. The number of aryl methyl sites for hydroxylation is 1. The molecule has 0 amide bonds. The zero-order valence-electron chi connectivity index (χ0n) is 11.1. The molecule has 2 aromatic rings. The predicted octanol–water partition coefficient (Wildman–Crippen LogP) is 1.60. The van der Waals surface area contributed by atoms with E-state index in [1.807, 2.05) is 23.8 Å². The highest BCUT2D eigenvalue weighted by Crippen LogP contribution is 2.14. The molecule has 0 aliphatic rings. The summed E-state index contributed by atoms with van der Waals surface area (Å²) in [6.07, 6.45) is 4.43. The largest absolute Gasteiger partial charge is 0.330 e. The van der Waals surface area contributed by atoms with Gasteiger partial charge in [0.2, 0.25) is 0 Å². The maximum Gasteiger partial charge on any atom is 0.142 e. The molecule has 0 aliphatic carbocycles. The van der Waals surface area contributed by atoms with Gasteiger partial charge in [0.05, 0.1) is 0 Å². The van der Waals surface area contributed by atoms with Crippen LogP contribution in [0.25, 0.3) is 5.82 Å². The lowest BCUT2D eigenvalue weighted by molar-refractivity contribution is 0.743. The number of rotatable bonds is 4. The van der Waals surface area contributed by atoms with Gasteiger partial charge in [-0.15, -0.1) is 0 Å². The lowest BCUT2D eigenvalue weighted by Crippen LogP contribution is -2.11. The van der Waals surface area contributed by atoms with E-state index in [1.54, 1.807) is 6.20 Å². The first-order valence-electron chi connectivity index (χ1n) is 6.20. The third-order valence-electron chi connectivity index (χ3n) is 2.71. The van der Waals surface area contributed by atoms with Crippen molar-refractivity contribution in [3.05, 3.63) is 35.8 Å². The van der Waals surface area contributed by atoms with Crippen LogP contribution >= 0.6 is 0 Å². The van der Waals surface area contributed by atoms with Crippen LogP contribution in [0.1, 0.15) is 37.1 Å². The number of aromatic nitrogens is 4. The van der Waals surface area contributed by atoms with Gasteiger partial charge >= 0.3 is 0 Å². The summed E-state index contributed by atoms with van der Waals surface area (Å²) < 4.78 is 1.98. The second-order valence-corrected chi connectivity index (χ2v) is 4.63. The second-order valence-electron chi connectivity index (χ2n) is 4.63. The van der Waals surface area contributed by atoms with Gasteiger partial charge < -0.3 is 5.73 Å². The highest BCUT2D eigenvalue weighted by atomic mass is 15.1. The quantitative estimate of drug-likeness (QED) is 0.888. The van der Waals surface area contributed by atoms with E-state index in [-0.39, 0.29) is 0 Å². The maximum atomic E-state index is 5.59. The molecular weight excluding hydrogens is 226 g/mol. The number of imidazole rings is 1. The third kappa shape index (κ3) is 2.56. The van der Waals surface area contributed by atoms with E-state index < -0.39 is 0 Å². The van der Waals surface area contributed by atoms with Gasteiger partial charge in [0.15, 0.2) is 0 Å². The van der Waals surface area contributed by atoms with E-state index in [1.165, 1.54) is 0 Å². The maximum absolute atomic E-state index is 5.59. The second kappa shape index (κ2) is 5.27. The van der Waals surface area contributed by atoms with Crippen LogP contribution in [0.4, 0.5) is 0 Å². The first-order chi connectivity index (χ1) is 8.61. The van der Waals surface area contributed by atoms with Crippen molar-refractivity contribution in [2.45, 2.75) is 33.1 Å². The van der Waals surface area contributed by atoms with Gasteiger partial charge in [-0.25, -0.2) is 15.0 Å². The Bertz CT molecular complexity index is 530. The molecule has 0 aromatic carbocycles. The zero-order valence-corrected chi connectivity index (χ0v) is 11.1. The number of nitrogens with zero attached hydrogens (tertiary/aromatic N) is 4. The first-order valence-corrected chi connectivity index (χ1v) is 6.20. The van der Waals surface area contributed by atoms with Crippen LogP contribution < -0.4 is 5.73 Å². The average Bonchev–Trinajstić information content (AvgIpc) is 2.77. The summed E-state index contributed by atoms with van der Waals surface area (Å²) in [6.45, 7) is 6.75. The van der Waals surface area contributed by atoms with Crippen LogP contribution in [0.15, 0.2) is 18.5 Å². The Morgan fingerprint density at radius 2 is 2.11 bits per heavy atom. The summed E-state index contributed by atoms with van der Waals surface area (Å²) >= 11 is 0. The van der Waals surface area contributed by atoms with Gasteiger partial charge in [-0.05, 0) is 13.5 Å². The number of nitrogens with two attached hydrogens (primary N) is 1. The van der Waals surface area contributed by atoms with Crippen LogP contribution in [0.5, 0.6) is 0 Å². The molecule has 2 aromatic heterocycles. The van der Waals surface area contributed by atoms with Gasteiger partial charge in [-0.2, -0.15) is 0 Å². The third-order valence-corrected chi connectivity index (χ3v) is 2.71. The minimum Gasteiger partial charge on any atom is -0.330 e. The molecule has 2 N–H and O–H groups in total. The monoisotopic (exact) mass is 245 g/mol. The molecule has 0 unspecified atom stereocenters. The smallest absolute Gasteiger partial charge is 0.142 e. The lowest BCUT2D eigenvalue weighted by Gasteiger charge is -2.10. The Morgan fingerprint density at radius 1 is 1.33 bits per heavy atom. The van der Waals surface area contributed by atoms with E-state index in [2.05, 4.69) is 28.8 Å². The van der Waals surface area contributed by atoms with E-state index in [9.17, 15) is 0 Å². The molecule has 0 spiro atoms. The number of hydrogen-bond donors (Lipinski definition) is 1. The fourth-order valence-corrected chi connectivity index (χ4v) is 1.81. The molecule has 0 atom stereocenters. The summed E-state index contributed by atoms with van der Waals surface area (Å²) in [5, 5.41) is 0. The summed E-state index contributed by atoms with van der Waals surface area (Å²) in [6, 6.07) is 1.97. The SMILES string of the molecule is Cc1cc(-n2ccnc2CCN)nc(C(C)C)n1. The highest BCUT2D eigenvalue weighted by Gasteiger charge is 2.10. The molecule has 96 valence electrons. The fourth-order valence-electron chi connectivity index (χ4n) is 1.81. The molecule has 5 heteroatoms. The average molecular weight is 245 g/mol. The van der Waals surface area contributed by atoms with Crippen molar-refractivity contribution in [2.75, 3.05) is 6.54 Å². The zero-order chi connectivity index (χ0) is 13.1. The van der Waals surface area contributed by atoms with Gasteiger partial charge in [0, 0.05) is 36.5 Å². The van der Waals surface area contributed by atoms with Crippen molar-refractivity contribution < 1.29 is 0 Å². The standard InChI is InChI=1S/C13H19N5/c1-9(2)13-16-10(3)8-12(17-13)18-7-6-15-11(18)4-5-14/h6-9H,4-5,14H2,1-3H3. The van der Waals surface area contributed by atoms with Crippen molar-refractivity contribution in [1.82, 2.24) is 19.5 Å². The Morgan fingerprint density at radius 3 is 2.78 bits per heavy atom. The minimum atomic E-state index is 0.310. The van der Waals surface area contributed by atoms with Crippen molar-refractivity contribution >= 4 is 0 Å². The summed E-state index contributed by atoms with van der Waals surface area (Å²) in [4.78, 5) is 13.3. The van der Waals surface area contributed by atoms with Crippen LogP contribution in [0.2, 0.25) is 0 Å². The lowest BCUT2D eigenvalue weighted by atomic mass is 10.2. The highest BCUT2D eigenvalue weighted by molar-refractivity contribution is 5.27. The molecule has 5 nitrogen and oxygen atoms in total. The van der Waals surface area contributed by atoms with Gasteiger partial charge in [0.1, 0.15) is 17.5 Å². The summed E-state index contributed by atoms with van der Waals surface area (Å²) in [5.41, 5.74) is 6.56. The normalized spacial score (nSPS) is 11.2. The van der Waals surface area contributed by atoms with E-state index in [0.717, 1.165) is 29.6 Å². The van der Waals surface area contributed by atoms with Crippen LogP contribution in [-0.4, -0.2) is 26.1 Å². The van der Waals surface area contributed by atoms with Crippen molar-refractivity contribution in [1.29, 1.82) is 0 Å². The van der Waals surface area contributed by atoms with Crippen molar-refractivity contribution in [2.24, 2.45) is 5.73 Å². The molecule has 0 saturated heterocycles. The molecule has 2 heterocycles. The molecule has 0 radical (unpaired) electrons. The van der Waals surface area contributed by atoms with Crippen molar-refractivity contribution in [3.63, 3.8) is 0 Å². The van der Waals surface area contributed by atoms with E-state index >= 15 is 0 Å².